The van der Waals surface area contributed by atoms with Crippen LogP contribution in [0.2, 0.25) is 0 Å². The standard InChI is InChI=1S/C29H48N4O24/c34-1-9-17(42)21(46)13(30-5-38)25(50-9)54-29(55-26-14(31-6-39)22(47)18(43)10(2-35)51-26,56-27-15(32-7-40)23(48)19(44)11(3-36)52-27)57-28-16(33-8-41)24(49)20(45)12(4-37)53-28/h5-28,34-37,42-49H,1-4H2,(H,30,38)(H,31,39)(H,32,40)(H,33,41). The summed E-state index contributed by atoms with van der Waals surface area (Å²) in [6.45, 7) is -4.17. The SMILES string of the molecule is O=CNC1C(OC(OC2OC(CO)C(O)C(O)C2NC=O)(OC2OC(CO)C(O)C(O)C2NC=O)OC2OC(CO)C(O)C(O)C2NC=O)OC(CO)C(O)C1O. The van der Waals surface area contributed by atoms with Gasteiger partial charge in [0, 0.05) is 0 Å². The zero-order valence-corrected chi connectivity index (χ0v) is 29.5. The Balaban J connectivity index is 1.98. The summed E-state index contributed by atoms with van der Waals surface area (Å²) in [6.07, 6.45) is -36.0. The largest absolute Gasteiger partial charge is 0.422 e. The Kier molecular flexibility index (Phi) is 17.1. The van der Waals surface area contributed by atoms with E-state index >= 15 is 0 Å². The van der Waals surface area contributed by atoms with Crippen molar-refractivity contribution in [3.63, 3.8) is 0 Å². The smallest absolute Gasteiger partial charge is 0.394 e. The molecule has 0 aromatic carbocycles. The first-order valence-electron chi connectivity index (χ1n) is 17.2. The molecule has 4 saturated heterocycles. The van der Waals surface area contributed by atoms with Crippen LogP contribution < -0.4 is 21.3 Å². The number of ether oxygens (including phenoxy) is 8. The average molecular weight is 837 g/mol. The van der Waals surface area contributed by atoms with Gasteiger partial charge < -0.3 is 101 Å². The normalized spacial score (nSPS) is 44.8. The van der Waals surface area contributed by atoms with Crippen molar-refractivity contribution in [2.75, 3.05) is 26.4 Å². The second-order valence-electron chi connectivity index (χ2n) is 13.0. The topological polar surface area (TPSA) is 433 Å². The van der Waals surface area contributed by atoms with E-state index in [9.17, 15) is 80.5 Å². The minimum atomic E-state index is -3.74. The van der Waals surface area contributed by atoms with Gasteiger partial charge in [0.1, 0.15) is 97.4 Å². The summed E-state index contributed by atoms with van der Waals surface area (Å²) in [7, 11) is 0. The van der Waals surface area contributed by atoms with Gasteiger partial charge in [-0.3, -0.25) is 38.1 Å². The summed E-state index contributed by atoms with van der Waals surface area (Å²) in [6, 6.07) is -7.64. The minimum Gasteiger partial charge on any atom is -0.394 e. The summed E-state index contributed by atoms with van der Waals surface area (Å²) in [5.74, 6) is 0. The second-order valence-corrected chi connectivity index (χ2v) is 13.0. The van der Waals surface area contributed by atoms with Crippen LogP contribution >= 0.6 is 0 Å². The first-order valence-corrected chi connectivity index (χ1v) is 17.2. The van der Waals surface area contributed by atoms with Crippen molar-refractivity contribution in [1.29, 1.82) is 0 Å². The molecule has 328 valence electrons. The van der Waals surface area contributed by atoms with Gasteiger partial charge in [-0.25, -0.2) is 0 Å². The Morgan fingerprint density at radius 1 is 0.386 bits per heavy atom. The van der Waals surface area contributed by atoms with E-state index in [4.69, 9.17) is 37.9 Å². The lowest BCUT2D eigenvalue weighted by atomic mass is 9.96. The van der Waals surface area contributed by atoms with E-state index in [1.807, 2.05) is 0 Å². The fourth-order valence-electron chi connectivity index (χ4n) is 6.49. The third-order valence-corrected chi connectivity index (χ3v) is 9.61. The zero-order valence-electron chi connectivity index (χ0n) is 29.5. The van der Waals surface area contributed by atoms with Gasteiger partial charge in [-0.15, -0.1) is 0 Å². The number of amides is 4. The fourth-order valence-corrected chi connectivity index (χ4v) is 6.49. The minimum absolute atomic E-state index is 0.00251. The molecular formula is C29H48N4O24. The molecule has 0 radical (unpaired) electrons. The second kappa shape index (κ2) is 20.9. The Morgan fingerprint density at radius 2 is 0.579 bits per heavy atom. The molecule has 16 N–H and O–H groups in total. The molecule has 57 heavy (non-hydrogen) atoms. The van der Waals surface area contributed by atoms with E-state index in [-0.39, 0.29) is 25.6 Å². The lowest BCUT2D eigenvalue weighted by Crippen LogP contribution is -2.71. The van der Waals surface area contributed by atoms with E-state index in [0.717, 1.165) is 0 Å². The van der Waals surface area contributed by atoms with Crippen LogP contribution in [0.4, 0.5) is 0 Å². The molecule has 0 aromatic rings. The Morgan fingerprint density at radius 3 is 0.737 bits per heavy atom. The predicted molar refractivity (Wildman–Crippen MR) is 170 cm³/mol. The molecule has 0 bridgehead atoms. The Bertz CT molecular complexity index is 1110. The third kappa shape index (κ3) is 10.1. The molecule has 0 saturated carbocycles. The van der Waals surface area contributed by atoms with Crippen LogP contribution in [0.1, 0.15) is 0 Å². The summed E-state index contributed by atoms with van der Waals surface area (Å²) in [5, 5.41) is 135. The van der Waals surface area contributed by atoms with Crippen LogP contribution in [0.25, 0.3) is 0 Å². The first kappa shape index (κ1) is 46.8. The molecular weight excluding hydrogens is 788 g/mol. The molecule has 4 rings (SSSR count). The Hall–Kier alpha value is -2.92. The molecule has 0 aliphatic carbocycles. The highest BCUT2D eigenvalue weighted by atomic mass is 17.1. The van der Waals surface area contributed by atoms with Crippen LogP contribution in [-0.2, 0) is 57.1 Å². The van der Waals surface area contributed by atoms with E-state index in [1.165, 1.54) is 0 Å². The highest BCUT2D eigenvalue weighted by Gasteiger charge is 2.60. The number of rotatable bonds is 20. The maximum absolute atomic E-state index is 11.7. The number of hydrogen-bond donors (Lipinski definition) is 16. The van der Waals surface area contributed by atoms with E-state index in [1.54, 1.807) is 0 Å². The summed E-state index contributed by atoms with van der Waals surface area (Å²) >= 11 is 0. The molecule has 20 atom stereocenters. The van der Waals surface area contributed by atoms with Gasteiger partial charge in [-0.1, -0.05) is 0 Å². The highest BCUT2D eigenvalue weighted by Crippen LogP contribution is 2.38. The average Bonchev–Trinajstić information content (AvgIpc) is 3.19. The van der Waals surface area contributed by atoms with Crippen molar-refractivity contribution in [2.24, 2.45) is 0 Å². The van der Waals surface area contributed by atoms with Crippen molar-refractivity contribution in [3.8, 4) is 0 Å². The lowest BCUT2D eigenvalue weighted by molar-refractivity contribution is -0.593. The summed E-state index contributed by atoms with van der Waals surface area (Å²) in [4.78, 5) is 46.9. The predicted octanol–water partition coefficient (Wildman–Crippen LogP) is -12.1. The van der Waals surface area contributed by atoms with Crippen LogP contribution in [0.15, 0.2) is 0 Å². The number of nitrogens with one attached hydrogen (secondary N) is 4. The number of aliphatic hydroxyl groups is 12. The van der Waals surface area contributed by atoms with Crippen molar-refractivity contribution in [3.05, 3.63) is 0 Å². The molecule has 4 amide bonds. The molecule has 4 heterocycles. The van der Waals surface area contributed by atoms with Gasteiger partial charge in [0.25, 0.3) is 0 Å². The van der Waals surface area contributed by atoms with Gasteiger partial charge in [-0.05, 0) is 0 Å². The highest BCUT2D eigenvalue weighted by molar-refractivity contribution is 5.48. The quantitative estimate of drug-likeness (QED) is 0.0400. The van der Waals surface area contributed by atoms with E-state index in [2.05, 4.69) is 21.3 Å². The maximum atomic E-state index is 11.7. The Labute approximate surface area is 320 Å². The van der Waals surface area contributed by atoms with Crippen LogP contribution in [0, 0.1) is 0 Å². The maximum Gasteiger partial charge on any atom is 0.422 e. The molecule has 28 heteroatoms. The zero-order chi connectivity index (χ0) is 42.2. The molecule has 20 unspecified atom stereocenters. The van der Waals surface area contributed by atoms with Crippen LogP contribution in [0.3, 0.4) is 0 Å². The van der Waals surface area contributed by atoms with E-state index < -0.39 is 155 Å². The summed E-state index contributed by atoms with van der Waals surface area (Å²) in [5.41, 5.74) is 0. The van der Waals surface area contributed by atoms with Gasteiger partial charge in [0.05, 0.1) is 26.4 Å². The number of carbonyl (C=O) groups is 4. The summed E-state index contributed by atoms with van der Waals surface area (Å²) < 4.78 is 46.3. The number of hydrogen-bond acceptors (Lipinski definition) is 24. The van der Waals surface area contributed by atoms with Crippen LogP contribution in [0.5, 0.6) is 0 Å². The molecule has 0 aromatic heterocycles. The van der Waals surface area contributed by atoms with Crippen molar-refractivity contribution in [1.82, 2.24) is 21.3 Å². The number of carbonyl (C=O) groups excluding carboxylic acids is 4. The molecule has 4 fully saturated rings. The van der Waals surface area contributed by atoms with E-state index in [0.29, 0.717) is 0 Å². The van der Waals surface area contributed by atoms with Gasteiger partial charge in [0.2, 0.25) is 25.6 Å². The van der Waals surface area contributed by atoms with Gasteiger partial charge in [-0.2, -0.15) is 0 Å². The van der Waals surface area contributed by atoms with Crippen molar-refractivity contribution in [2.45, 2.75) is 129 Å². The van der Waals surface area contributed by atoms with Gasteiger partial charge in [0.15, 0.2) is 25.2 Å². The number of aliphatic hydroxyl groups excluding tert-OH is 12. The van der Waals surface area contributed by atoms with Crippen molar-refractivity contribution < 1.29 is 118 Å². The first-order chi connectivity index (χ1) is 27.2. The molecule has 4 aliphatic rings. The molecule has 28 nitrogen and oxygen atoms in total. The van der Waals surface area contributed by atoms with Crippen LogP contribution in [-0.4, -0.2) is 242 Å². The monoisotopic (exact) mass is 836 g/mol. The molecule has 0 spiro atoms. The van der Waals surface area contributed by atoms with Crippen molar-refractivity contribution >= 4 is 25.6 Å². The lowest BCUT2D eigenvalue weighted by Gasteiger charge is -2.51. The molecule has 4 aliphatic heterocycles. The fraction of sp³-hybridized carbons (Fsp3) is 0.862. The third-order valence-electron chi connectivity index (χ3n) is 9.61. The van der Waals surface area contributed by atoms with Gasteiger partial charge >= 0.3 is 6.16 Å².